The van der Waals surface area contributed by atoms with Gasteiger partial charge in [-0.3, -0.25) is 4.79 Å². The lowest BCUT2D eigenvalue weighted by Crippen LogP contribution is -2.62. The Morgan fingerprint density at radius 2 is 1.69 bits per heavy atom. The highest BCUT2D eigenvalue weighted by Gasteiger charge is 2.52. The van der Waals surface area contributed by atoms with Gasteiger partial charge in [0.25, 0.3) is 0 Å². The molecule has 1 aromatic heterocycles. The second-order valence-corrected chi connectivity index (χ2v) is 11.1. The van der Waals surface area contributed by atoms with Gasteiger partial charge in [0.1, 0.15) is 17.7 Å². The number of nitrogens with one attached hydrogen (secondary N) is 1. The highest BCUT2D eigenvalue weighted by Crippen LogP contribution is 2.36. The van der Waals surface area contributed by atoms with Crippen LogP contribution >= 0.6 is 0 Å². The monoisotopic (exact) mass is 505 g/mol. The number of carboxylic acid groups (broad SMARTS) is 1. The molecule has 36 heavy (non-hydrogen) atoms. The second kappa shape index (κ2) is 9.85. The summed E-state index contributed by atoms with van der Waals surface area (Å²) in [6.45, 7) is 14.9. The van der Waals surface area contributed by atoms with Crippen molar-refractivity contribution in [2.75, 3.05) is 24.5 Å². The molecular formula is C23H36BN5O7. The van der Waals surface area contributed by atoms with Crippen molar-refractivity contribution in [2.24, 2.45) is 0 Å². The average molecular weight is 505 g/mol. The molecule has 13 heteroatoms. The maximum absolute atomic E-state index is 13.0. The molecule has 2 aliphatic rings. The molecule has 198 valence electrons. The number of aliphatic carboxylic acids is 1. The molecule has 0 spiro atoms. The van der Waals surface area contributed by atoms with Crippen LogP contribution < -0.4 is 15.7 Å². The summed E-state index contributed by atoms with van der Waals surface area (Å²) in [5.74, 6) is -1.33. The number of carboxylic acids is 1. The van der Waals surface area contributed by atoms with E-state index in [-0.39, 0.29) is 13.1 Å². The van der Waals surface area contributed by atoms with Gasteiger partial charge in [-0.05, 0) is 55.4 Å². The molecule has 0 saturated carbocycles. The van der Waals surface area contributed by atoms with Crippen LogP contribution in [0.2, 0.25) is 0 Å². The molecule has 1 aromatic rings. The molecule has 0 unspecified atom stereocenters. The number of rotatable bonds is 5. The van der Waals surface area contributed by atoms with Crippen molar-refractivity contribution in [1.29, 1.82) is 0 Å². The van der Waals surface area contributed by atoms with Gasteiger partial charge in [0.15, 0.2) is 0 Å². The minimum atomic E-state index is -1.16. The summed E-state index contributed by atoms with van der Waals surface area (Å²) in [6, 6.07) is -2.09. The Kier molecular flexibility index (Phi) is 7.57. The predicted octanol–water partition coefficient (Wildman–Crippen LogP) is 0.791. The van der Waals surface area contributed by atoms with Crippen molar-refractivity contribution < 1.29 is 33.5 Å². The highest BCUT2D eigenvalue weighted by molar-refractivity contribution is 6.61. The Morgan fingerprint density at radius 1 is 1.14 bits per heavy atom. The van der Waals surface area contributed by atoms with E-state index in [4.69, 9.17) is 14.0 Å². The van der Waals surface area contributed by atoms with Crippen LogP contribution in [0.5, 0.6) is 0 Å². The lowest BCUT2D eigenvalue weighted by molar-refractivity contribution is -0.151. The normalized spacial score (nSPS) is 22.2. The highest BCUT2D eigenvalue weighted by atomic mass is 16.7. The molecule has 0 radical (unpaired) electrons. The molecule has 3 heterocycles. The first kappa shape index (κ1) is 27.7. The van der Waals surface area contributed by atoms with E-state index in [9.17, 15) is 19.5 Å². The minimum absolute atomic E-state index is 0.00390. The molecule has 0 aliphatic carbocycles. The van der Waals surface area contributed by atoms with Crippen molar-refractivity contribution in [3.05, 3.63) is 12.4 Å². The van der Waals surface area contributed by atoms with Crippen LogP contribution in [-0.4, -0.2) is 93.6 Å². The smallest absolute Gasteiger partial charge is 0.480 e. The molecule has 2 fully saturated rings. The third-order valence-corrected chi connectivity index (χ3v) is 6.52. The molecule has 12 nitrogen and oxygen atoms in total. The van der Waals surface area contributed by atoms with Crippen molar-refractivity contribution in [3.63, 3.8) is 0 Å². The average Bonchev–Trinajstić information content (AvgIpc) is 2.98. The zero-order chi connectivity index (χ0) is 27.1. The van der Waals surface area contributed by atoms with Gasteiger partial charge < -0.3 is 34.3 Å². The Morgan fingerprint density at radius 3 is 2.19 bits per heavy atom. The number of amides is 2. The summed E-state index contributed by atoms with van der Waals surface area (Å²) in [7, 11) is -0.607. The summed E-state index contributed by atoms with van der Waals surface area (Å²) in [6.07, 6.45) is 2.46. The van der Waals surface area contributed by atoms with E-state index < -0.39 is 54.0 Å². The molecule has 2 amide bonds. The van der Waals surface area contributed by atoms with Gasteiger partial charge in [-0.25, -0.2) is 19.6 Å². The quantitative estimate of drug-likeness (QED) is 0.552. The summed E-state index contributed by atoms with van der Waals surface area (Å²) < 4.78 is 17.2. The Balaban J connectivity index is 1.66. The van der Waals surface area contributed by atoms with Crippen LogP contribution in [0.3, 0.4) is 0 Å². The third-order valence-electron chi connectivity index (χ3n) is 6.52. The number of piperazine rings is 1. The van der Waals surface area contributed by atoms with E-state index in [0.29, 0.717) is 18.0 Å². The number of ether oxygens (including phenoxy) is 1. The van der Waals surface area contributed by atoms with E-state index in [1.807, 2.05) is 27.7 Å². The van der Waals surface area contributed by atoms with Gasteiger partial charge in [-0.1, -0.05) is 0 Å². The molecule has 2 N–H and O–H groups in total. The number of hydrogen-bond acceptors (Lipinski definition) is 9. The largest absolute Gasteiger partial charge is 0.498 e. The van der Waals surface area contributed by atoms with Gasteiger partial charge in [0.05, 0.1) is 17.7 Å². The lowest BCUT2D eigenvalue weighted by atomic mass is 9.81. The molecule has 2 atom stereocenters. The standard InChI is InChI=1S/C23H36BN5O7/c1-14(27-20(33)34-21(2,3)4)17(30)29-10-9-28(13-16(29)18(31)32)19-25-11-15(12-26-19)24-35-22(5,6)23(7,8)36-24/h11-12,14,16H,9-10,13H2,1-8H3,(H,27,33)(H,31,32)/t14-,16-/m0/s1. The van der Waals surface area contributed by atoms with Crippen LogP contribution in [0, 0.1) is 0 Å². The van der Waals surface area contributed by atoms with E-state index in [2.05, 4.69) is 15.3 Å². The van der Waals surface area contributed by atoms with Gasteiger partial charge in [-0.15, -0.1) is 0 Å². The summed E-state index contributed by atoms with van der Waals surface area (Å²) in [5.41, 5.74) is -1.06. The zero-order valence-electron chi connectivity index (χ0n) is 22.2. The van der Waals surface area contributed by atoms with Crippen molar-refractivity contribution in [1.82, 2.24) is 20.2 Å². The molecule has 0 bridgehead atoms. The number of hydrogen-bond donors (Lipinski definition) is 2. The molecule has 3 rings (SSSR count). The first-order valence-electron chi connectivity index (χ1n) is 12.0. The number of carbonyl (C=O) groups is 3. The SMILES string of the molecule is C[C@H](NC(=O)OC(C)(C)C)C(=O)N1CCN(c2ncc(B3OC(C)(C)C(C)(C)O3)cn2)C[C@H]1C(=O)O. The van der Waals surface area contributed by atoms with Crippen molar-refractivity contribution >= 4 is 36.5 Å². The summed E-state index contributed by atoms with van der Waals surface area (Å²) in [5, 5.41) is 12.3. The fourth-order valence-corrected chi connectivity index (χ4v) is 3.83. The van der Waals surface area contributed by atoms with Crippen LogP contribution in [0.4, 0.5) is 10.7 Å². The topological polar surface area (TPSA) is 143 Å². The van der Waals surface area contributed by atoms with E-state index in [1.54, 1.807) is 38.1 Å². The number of aromatic nitrogens is 2. The van der Waals surface area contributed by atoms with Crippen molar-refractivity contribution in [2.45, 2.75) is 84.3 Å². The summed E-state index contributed by atoms with van der Waals surface area (Å²) in [4.78, 5) is 48.8. The van der Waals surface area contributed by atoms with Crippen LogP contribution in [0.15, 0.2) is 12.4 Å². The Hall–Kier alpha value is -2.93. The van der Waals surface area contributed by atoms with Gasteiger partial charge >= 0.3 is 19.2 Å². The number of alkyl carbamates (subject to hydrolysis) is 1. The summed E-state index contributed by atoms with van der Waals surface area (Å²) >= 11 is 0. The first-order valence-corrected chi connectivity index (χ1v) is 12.0. The lowest BCUT2D eigenvalue weighted by Gasteiger charge is -2.40. The molecule has 0 aromatic carbocycles. The Bertz CT molecular complexity index is 980. The van der Waals surface area contributed by atoms with Gasteiger partial charge in [-0.2, -0.15) is 0 Å². The number of anilines is 1. The first-order chi connectivity index (χ1) is 16.5. The predicted molar refractivity (Wildman–Crippen MR) is 132 cm³/mol. The molecule has 2 saturated heterocycles. The Labute approximate surface area is 211 Å². The fourth-order valence-electron chi connectivity index (χ4n) is 3.83. The van der Waals surface area contributed by atoms with Gasteiger partial charge in [0.2, 0.25) is 11.9 Å². The maximum Gasteiger partial charge on any atom is 0.498 e. The van der Waals surface area contributed by atoms with Crippen LogP contribution in [-0.2, 0) is 23.6 Å². The molecule has 2 aliphatic heterocycles. The zero-order valence-corrected chi connectivity index (χ0v) is 22.2. The fraction of sp³-hybridized carbons (Fsp3) is 0.696. The second-order valence-electron chi connectivity index (χ2n) is 11.1. The third kappa shape index (κ3) is 6.07. The van der Waals surface area contributed by atoms with Crippen LogP contribution in [0.1, 0.15) is 55.4 Å². The van der Waals surface area contributed by atoms with E-state index in [0.717, 1.165) is 0 Å². The number of nitrogens with zero attached hydrogens (tertiary/aromatic N) is 4. The maximum atomic E-state index is 13.0. The van der Waals surface area contributed by atoms with E-state index >= 15 is 0 Å². The van der Waals surface area contributed by atoms with Crippen LogP contribution in [0.25, 0.3) is 0 Å². The number of carbonyl (C=O) groups excluding carboxylic acids is 2. The molecular weight excluding hydrogens is 469 g/mol. The van der Waals surface area contributed by atoms with Crippen molar-refractivity contribution in [3.8, 4) is 0 Å². The van der Waals surface area contributed by atoms with Gasteiger partial charge in [0, 0.05) is 30.9 Å². The van der Waals surface area contributed by atoms with E-state index in [1.165, 1.54) is 11.8 Å². The minimum Gasteiger partial charge on any atom is -0.480 e.